The van der Waals surface area contributed by atoms with Crippen molar-refractivity contribution in [2.24, 2.45) is 5.73 Å². The summed E-state index contributed by atoms with van der Waals surface area (Å²) in [5.74, 6) is -2.06. The van der Waals surface area contributed by atoms with Gasteiger partial charge in [-0.1, -0.05) is 0 Å². The first-order chi connectivity index (χ1) is 6.50. The van der Waals surface area contributed by atoms with Crippen LogP contribution in [0.2, 0.25) is 0 Å². The topological polar surface area (TPSA) is 85.1 Å². The molecule has 0 unspecified atom stereocenters. The number of halogens is 1. The van der Waals surface area contributed by atoms with Crippen molar-refractivity contribution in [2.75, 3.05) is 5.32 Å². The molecule has 1 rings (SSSR count). The summed E-state index contributed by atoms with van der Waals surface area (Å²) in [6.45, 7) is 1.27. The number of carbonyl (C=O) groups excluding carboxylic acids is 2. The number of pyridine rings is 1. The van der Waals surface area contributed by atoms with E-state index >= 15 is 0 Å². The molecule has 1 heterocycles. The van der Waals surface area contributed by atoms with E-state index in [0.29, 0.717) is 0 Å². The van der Waals surface area contributed by atoms with Gasteiger partial charge in [0.05, 0.1) is 0 Å². The van der Waals surface area contributed by atoms with E-state index < -0.39 is 17.4 Å². The molecule has 0 fully saturated rings. The number of hydrogen-bond acceptors (Lipinski definition) is 3. The zero-order chi connectivity index (χ0) is 10.7. The van der Waals surface area contributed by atoms with Crippen LogP contribution in [0.25, 0.3) is 0 Å². The lowest BCUT2D eigenvalue weighted by atomic mass is 10.3. The number of nitrogens with one attached hydrogen (secondary N) is 1. The highest BCUT2D eigenvalue weighted by Crippen LogP contribution is 2.08. The lowest BCUT2D eigenvalue weighted by Crippen LogP contribution is -2.17. The third-order valence-electron chi connectivity index (χ3n) is 1.38. The van der Waals surface area contributed by atoms with Crippen LogP contribution in [0.15, 0.2) is 12.1 Å². The second kappa shape index (κ2) is 3.82. The summed E-state index contributed by atoms with van der Waals surface area (Å²) in [7, 11) is 0. The van der Waals surface area contributed by atoms with E-state index in [-0.39, 0.29) is 11.7 Å². The van der Waals surface area contributed by atoms with Crippen molar-refractivity contribution in [3.8, 4) is 0 Å². The van der Waals surface area contributed by atoms with Crippen molar-refractivity contribution < 1.29 is 14.0 Å². The van der Waals surface area contributed by atoms with Crippen LogP contribution in [-0.4, -0.2) is 16.8 Å². The maximum Gasteiger partial charge on any atom is 0.270 e. The molecule has 74 valence electrons. The number of anilines is 1. The van der Waals surface area contributed by atoms with Gasteiger partial charge in [0.1, 0.15) is 5.82 Å². The third kappa shape index (κ3) is 2.25. The van der Waals surface area contributed by atoms with Crippen molar-refractivity contribution in [2.45, 2.75) is 6.92 Å². The molecule has 0 radical (unpaired) electrons. The predicted octanol–water partition coefficient (Wildman–Crippen LogP) is 0.278. The van der Waals surface area contributed by atoms with Crippen molar-refractivity contribution >= 4 is 17.6 Å². The average molecular weight is 197 g/mol. The fourth-order valence-electron chi connectivity index (χ4n) is 0.865. The number of carbonyl (C=O) groups is 2. The summed E-state index contributed by atoms with van der Waals surface area (Å²) in [4.78, 5) is 24.8. The van der Waals surface area contributed by atoms with Crippen molar-refractivity contribution in [1.82, 2.24) is 4.98 Å². The van der Waals surface area contributed by atoms with Gasteiger partial charge in [-0.05, 0) is 12.1 Å². The third-order valence-corrected chi connectivity index (χ3v) is 1.38. The quantitative estimate of drug-likeness (QED) is 0.713. The van der Waals surface area contributed by atoms with Gasteiger partial charge in [0.15, 0.2) is 11.5 Å². The summed E-state index contributed by atoms with van der Waals surface area (Å²) < 4.78 is 12.9. The number of aromatic nitrogens is 1. The minimum Gasteiger partial charge on any atom is -0.364 e. The standard InChI is InChI=1S/C8H8FN3O2/c1-4(13)11-6-3-2-5(9)7(12-6)8(10)14/h2-3H,1H3,(H2,10,14)(H,11,12,13). The number of primary amides is 1. The molecule has 0 bridgehead atoms. The van der Waals surface area contributed by atoms with E-state index in [1.54, 1.807) is 0 Å². The summed E-state index contributed by atoms with van der Waals surface area (Å²) in [6.07, 6.45) is 0. The highest BCUT2D eigenvalue weighted by molar-refractivity contribution is 5.92. The number of hydrogen-bond donors (Lipinski definition) is 2. The monoisotopic (exact) mass is 197 g/mol. The van der Waals surface area contributed by atoms with Crippen LogP contribution in [0, 0.1) is 5.82 Å². The van der Waals surface area contributed by atoms with Crippen molar-refractivity contribution in [3.05, 3.63) is 23.6 Å². The first kappa shape index (κ1) is 10.1. The van der Waals surface area contributed by atoms with Crippen LogP contribution in [0.4, 0.5) is 10.2 Å². The Hall–Kier alpha value is -1.98. The van der Waals surface area contributed by atoms with Gasteiger partial charge in [0.2, 0.25) is 5.91 Å². The van der Waals surface area contributed by atoms with Crippen LogP contribution < -0.4 is 11.1 Å². The van der Waals surface area contributed by atoms with E-state index in [0.717, 1.165) is 6.07 Å². The van der Waals surface area contributed by atoms with Gasteiger partial charge in [-0.2, -0.15) is 0 Å². The molecule has 1 aromatic rings. The Bertz CT molecular complexity index is 392. The zero-order valence-corrected chi connectivity index (χ0v) is 7.37. The van der Waals surface area contributed by atoms with Crippen LogP contribution in [0.1, 0.15) is 17.4 Å². The summed E-state index contributed by atoms with van der Waals surface area (Å²) >= 11 is 0. The maximum absolute atomic E-state index is 12.9. The Labute approximate surface area is 79.1 Å². The minimum absolute atomic E-state index is 0.0905. The summed E-state index contributed by atoms with van der Waals surface area (Å²) in [5.41, 5.74) is 4.37. The van der Waals surface area contributed by atoms with Gasteiger partial charge < -0.3 is 11.1 Å². The predicted molar refractivity (Wildman–Crippen MR) is 47.0 cm³/mol. The Morgan fingerprint density at radius 2 is 2.14 bits per heavy atom. The molecule has 0 atom stereocenters. The first-order valence-electron chi connectivity index (χ1n) is 3.74. The highest BCUT2D eigenvalue weighted by Gasteiger charge is 2.11. The van der Waals surface area contributed by atoms with E-state index in [4.69, 9.17) is 5.73 Å². The lowest BCUT2D eigenvalue weighted by molar-refractivity contribution is -0.114. The molecule has 5 nitrogen and oxygen atoms in total. The molecule has 0 saturated heterocycles. The molecule has 0 saturated carbocycles. The molecular weight excluding hydrogens is 189 g/mol. The number of nitrogens with zero attached hydrogens (tertiary/aromatic N) is 1. The molecule has 14 heavy (non-hydrogen) atoms. The summed E-state index contributed by atoms with van der Waals surface area (Å²) in [6, 6.07) is 2.25. The highest BCUT2D eigenvalue weighted by atomic mass is 19.1. The molecule has 0 aliphatic carbocycles. The molecule has 0 spiro atoms. The Kier molecular flexibility index (Phi) is 2.76. The molecule has 0 aliphatic rings. The molecule has 6 heteroatoms. The van der Waals surface area contributed by atoms with Crippen LogP contribution in [0.5, 0.6) is 0 Å². The van der Waals surface area contributed by atoms with Crippen LogP contribution in [0.3, 0.4) is 0 Å². The number of amides is 2. The fourth-order valence-corrected chi connectivity index (χ4v) is 0.865. The van der Waals surface area contributed by atoms with E-state index in [2.05, 4.69) is 10.3 Å². The minimum atomic E-state index is -0.977. The fraction of sp³-hybridized carbons (Fsp3) is 0.125. The number of rotatable bonds is 2. The molecule has 0 aromatic carbocycles. The van der Waals surface area contributed by atoms with Gasteiger partial charge in [-0.3, -0.25) is 9.59 Å². The molecular formula is C8H8FN3O2. The number of nitrogens with two attached hydrogens (primary N) is 1. The average Bonchev–Trinajstić information content (AvgIpc) is 2.07. The smallest absolute Gasteiger partial charge is 0.270 e. The zero-order valence-electron chi connectivity index (χ0n) is 7.37. The maximum atomic E-state index is 12.9. The molecule has 1 aromatic heterocycles. The van der Waals surface area contributed by atoms with Crippen molar-refractivity contribution in [3.63, 3.8) is 0 Å². The van der Waals surface area contributed by atoms with Gasteiger partial charge in [-0.25, -0.2) is 9.37 Å². The Morgan fingerprint density at radius 1 is 1.50 bits per heavy atom. The Balaban J connectivity index is 3.06. The normalized spacial score (nSPS) is 9.57. The molecule has 2 amide bonds. The lowest BCUT2D eigenvalue weighted by Gasteiger charge is -2.02. The molecule has 0 aliphatic heterocycles. The van der Waals surface area contributed by atoms with Crippen molar-refractivity contribution in [1.29, 1.82) is 0 Å². The van der Waals surface area contributed by atoms with E-state index in [1.165, 1.54) is 13.0 Å². The largest absolute Gasteiger partial charge is 0.364 e. The van der Waals surface area contributed by atoms with Gasteiger partial charge in [-0.15, -0.1) is 0 Å². The van der Waals surface area contributed by atoms with Gasteiger partial charge in [0.25, 0.3) is 5.91 Å². The van der Waals surface area contributed by atoms with Crippen LogP contribution >= 0.6 is 0 Å². The second-order valence-electron chi connectivity index (χ2n) is 2.57. The Morgan fingerprint density at radius 3 is 2.64 bits per heavy atom. The summed E-state index contributed by atoms with van der Waals surface area (Å²) in [5, 5.41) is 2.30. The van der Waals surface area contributed by atoms with Gasteiger partial charge >= 0.3 is 0 Å². The van der Waals surface area contributed by atoms with Gasteiger partial charge in [0, 0.05) is 6.92 Å². The SMILES string of the molecule is CC(=O)Nc1ccc(F)c(C(N)=O)n1. The first-order valence-corrected chi connectivity index (χ1v) is 3.74. The van der Waals surface area contributed by atoms with Crippen LogP contribution in [-0.2, 0) is 4.79 Å². The van der Waals surface area contributed by atoms with E-state index in [1.807, 2.05) is 0 Å². The molecule has 3 N–H and O–H groups in total. The van der Waals surface area contributed by atoms with E-state index in [9.17, 15) is 14.0 Å². The second-order valence-corrected chi connectivity index (χ2v) is 2.57.